The molecule has 98 valence electrons. The van der Waals surface area contributed by atoms with Crippen LogP contribution in [0.2, 0.25) is 0 Å². The lowest BCUT2D eigenvalue weighted by molar-refractivity contribution is -0.193. The van der Waals surface area contributed by atoms with Crippen LogP contribution < -0.4 is 0 Å². The molecule has 0 saturated heterocycles. The summed E-state index contributed by atoms with van der Waals surface area (Å²) in [6.07, 6.45) is 0. The SMILES string of the molecule is CC(=O)OC1(OC(C)=O)C(=O)c2ccccc2C1=O. The zero-order valence-electron chi connectivity index (χ0n) is 10.3. The second kappa shape index (κ2) is 4.31. The van der Waals surface area contributed by atoms with Gasteiger partial charge in [-0.05, 0) is 0 Å². The maximum absolute atomic E-state index is 12.2. The minimum Gasteiger partial charge on any atom is -0.408 e. The molecule has 0 fully saturated rings. The average Bonchev–Trinajstić information content (AvgIpc) is 2.52. The molecule has 0 aromatic heterocycles. The van der Waals surface area contributed by atoms with E-state index in [0.29, 0.717) is 0 Å². The van der Waals surface area contributed by atoms with Gasteiger partial charge in [0.05, 0.1) is 0 Å². The standard InChI is InChI=1S/C13H10O6/c1-7(14)18-13(19-8(2)15)11(16)9-5-3-4-6-10(9)12(13)17/h3-6H,1-2H3. The monoisotopic (exact) mass is 262 g/mol. The van der Waals surface area contributed by atoms with Crippen molar-refractivity contribution in [3.8, 4) is 0 Å². The molecule has 0 bridgehead atoms. The Kier molecular flexibility index (Phi) is 2.94. The van der Waals surface area contributed by atoms with Crippen LogP contribution in [0.1, 0.15) is 34.6 Å². The van der Waals surface area contributed by atoms with E-state index in [1.54, 1.807) is 12.1 Å². The summed E-state index contributed by atoms with van der Waals surface area (Å²) in [4.78, 5) is 46.7. The van der Waals surface area contributed by atoms with Gasteiger partial charge >= 0.3 is 17.7 Å². The first-order valence-electron chi connectivity index (χ1n) is 5.46. The normalized spacial score (nSPS) is 15.9. The topological polar surface area (TPSA) is 86.7 Å². The third-order valence-corrected chi connectivity index (χ3v) is 2.59. The van der Waals surface area contributed by atoms with Crippen LogP contribution in [0, 0.1) is 0 Å². The van der Waals surface area contributed by atoms with Gasteiger partial charge in [0.15, 0.2) is 0 Å². The molecule has 0 aliphatic heterocycles. The number of rotatable bonds is 2. The van der Waals surface area contributed by atoms with Crippen LogP contribution in [0.4, 0.5) is 0 Å². The van der Waals surface area contributed by atoms with Gasteiger partial charge in [0, 0.05) is 25.0 Å². The van der Waals surface area contributed by atoms with Crippen LogP contribution in [0.5, 0.6) is 0 Å². The van der Waals surface area contributed by atoms with Crippen molar-refractivity contribution in [3.05, 3.63) is 35.4 Å². The summed E-state index contributed by atoms with van der Waals surface area (Å²) >= 11 is 0. The van der Waals surface area contributed by atoms with Crippen molar-refractivity contribution in [2.75, 3.05) is 0 Å². The molecule has 6 heteroatoms. The Hall–Kier alpha value is -2.50. The van der Waals surface area contributed by atoms with Gasteiger partial charge < -0.3 is 9.47 Å². The van der Waals surface area contributed by atoms with Crippen LogP contribution >= 0.6 is 0 Å². The zero-order valence-corrected chi connectivity index (χ0v) is 10.3. The van der Waals surface area contributed by atoms with Gasteiger partial charge in [-0.2, -0.15) is 0 Å². The molecule has 1 aromatic carbocycles. The van der Waals surface area contributed by atoms with Gasteiger partial charge in [-0.15, -0.1) is 0 Å². The van der Waals surface area contributed by atoms with Gasteiger partial charge in [0.2, 0.25) is 0 Å². The lowest BCUT2D eigenvalue weighted by Gasteiger charge is -2.23. The summed E-state index contributed by atoms with van der Waals surface area (Å²) in [6.45, 7) is 2.05. The molecule has 0 atom stereocenters. The highest BCUT2D eigenvalue weighted by Gasteiger charge is 2.59. The van der Waals surface area contributed by atoms with Gasteiger partial charge in [-0.1, -0.05) is 24.3 Å². The minimum absolute atomic E-state index is 0.0648. The van der Waals surface area contributed by atoms with Crippen molar-refractivity contribution < 1.29 is 28.7 Å². The van der Waals surface area contributed by atoms with E-state index < -0.39 is 29.3 Å². The second-order valence-electron chi connectivity index (χ2n) is 4.01. The molecule has 0 radical (unpaired) electrons. The van der Waals surface area contributed by atoms with E-state index in [1.165, 1.54) is 12.1 Å². The van der Waals surface area contributed by atoms with Crippen molar-refractivity contribution in [1.29, 1.82) is 0 Å². The molecule has 0 amide bonds. The molecule has 0 N–H and O–H groups in total. The molecule has 0 saturated carbocycles. The lowest BCUT2D eigenvalue weighted by Crippen LogP contribution is -2.49. The number of Topliss-reactive ketones (excluding diaryl/α,β-unsaturated/α-hetero) is 2. The Bertz CT molecular complexity index is 548. The predicted molar refractivity (Wildman–Crippen MR) is 61.4 cm³/mol. The van der Waals surface area contributed by atoms with E-state index in [4.69, 9.17) is 9.47 Å². The maximum atomic E-state index is 12.2. The number of benzene rings is 1. The Morgan fingerprint density at radius 3 is 1.58 bits per heavy atom. The van der Waals surface area contributed by atoms with E-state index in [0.717, 1.165) is 13.8 Å². The fraction of sp³-hybridized carbons (Fsp3) is 0.231. The van der Waals surface area contributed by atoms with Gasteiger partial charge in [-0.3, -0.25) is 19.2 Å². The molecule has 2 rings (SSSR count). The van der Waals surface area contributed by atoms with Crippen molar-refractivity contribution in [2.45, 2.75) is 19.6 Å². The summed E-state index contributed by atoms with van der Waals surface area (Å²) in [5, 5.41) is 0. The van der Waals surface area contributed by atoms with Crippen LogP contribution in [0.25, 0.3) is 0 Å². The molecular formula is C13H10O6. The number of carbonyl (C=O) groups is 4. The van der Waals surface area contributed by atoms with Gasteiger partial charge in [-0.25, -0.2) is 0 Å². The average molecular weight is 262 g/mol. The number of ketones is 2. The number of hydrogen-bond donors (Lipinski definition) is 0. The Labute approximate surface area is 108 Å². The van der Waals surface area contributed by atoms with Crippen LogP contribution in [-0.2, 0) is 19.1 Å². The highest BCUT2D eigenvalue weighted by molar-refractivity contribution is 6.32. The number of carbonyl (C=O) groups excluding carboxylic acids is 4. The minimum atomic E-state index is -2.51. The van der Waals surface area contributed by atoms with Crippen molar-refractivity contribution in [1.82, 2.24) is 0 Å². The fourth-order valence-corrected chi connectivity index (χ4v) is 1.95. The zero-order chi connectivity index (χ0) is 14.2. The van der Waals surface area contributed by atoms with Crippen molar-refractivity contribution in [3.63, 3.8) is 0 Å². The van der Waals surface area contributed by atoms with Crippen LogP contribution in [0.3, 0.4) is 0 Å². The van der Waals surface area contributed by atoms with E-state index in [-0.39, 0.29) is 11.1 Å². The molecule has 0 unspecified atom stereocenters. The maximum Gasteiger partial charge on any atom is 0.387 e. The Balaban J connectivity index is 2.58. The first-order valence-corrected chi connectivity index (χ1v) is 5.46. The highest BCUT2D eigenvalue weighted by Crippen LogP contribution is 2.34. The summed E-state index contributed by atoms with van der Waals surface area (Å²) in [6, 6.07) is 5.93. The largest absolute Gasteiger partial charge is 0.408 e. The highest BCUT2D eigenvalue weighted by atomic mass is 16.7. The Morgan fingerprint density at radius 2 is 1.26 bits per heavy atom. The fourth-order valence-electron chi connectivity index (χ4n) is 1.95. The molecule has 1 aliphatic rings. The number of esters is 2. The summed E-state index contributed by atoms with van der Waals surface area (Å²) in [5.74, 6) is -6.00. The van der Waals surface area contributed by atoms with Crippen molar-refractivity contribution in [2.24, 2.45) is 0 Å². The molecule has 0 spiro atoms. The smallest absolute Gasteiger partial charge is 0.387 e. The van der Waals surface area contributed by atoms with E-state index >= 15 is 0 Å². The first kappa shape index (κ1) is 12.9. The third kappa shape index (κ3) is 1.91. The number of hydrogen-bond acceptors (Lipinski definition) is 6. The first-order chi connectivity index (χ1) is 8.88. The summed E-state index contributed by atoms with van der Waals surface area (Å²) in [5.41, 5.74) is 0.130. The van der Waals surface area contributed by atoms with Crippen LogP contribution in [-0.4, -0.2) is 29.3 Å². The molecule has 0 heterocycles. The third-order valence-electron chi connectivity index (χ3n) is 2.59. The van der Waals surface area contributed by atoms with Crippen LogP contribution in [0.15, 0.2) is 24.3 Å². The van der Waals surface area contributed by atoms with E-state index in [9.17, 15) is 19.2 Å². The van der Waals surface area contributed by atoms with E-state index in [1.807, 2.05) is 0 Å². The lowest BCUT2D eigenvalue weighted by atomic mass is 10.1. The van der Waals surface area contributed by atoms with Crippen molar-refractivity contribution >= 4 is 23.5 Å². The predicted octanol–water partition coefficient (Wildman–Crippen LogP) is 0.888. The Morgan fingerprint density at radius 1 is 0.895 bits per heavy atom. The quantitative estimate of drug-likeness (QED) is 0.447. The number of fused-ring (bicyclic) bond motifs is 1. The van der Waals surface area contributed by atoms with Gasteiger partial charge in [0.25, 0.3) is 11.6 Å². The van der Waals surface area contributed by atoms with E-state index in [2.05, 4.69) is 0 Å². The number of ether oxygens (including phenoxy) is 2. The molecular weight excluding hydrogens is 252 g/mol. The second-order valence-corrected chi connectivity index (χ2v) is 4.01. The molecule has 19 heavy (non-hydrogen) atoms. The molecule has 1 aliphatic carbocycles. The molecule has 1 aromatic rings. The summed E-state index contributed by atoms with van der Waals surface area (Å²) in [7, 11) is 0. The molecule has 6 nitrogen and oxygen atoms in total. The van der Waals surface area contributed by atoms with Gasteiger partial charge in [0.1, 0.15) is 0 Å². The summed E-state index contributed by atoms with van der Waals surface area (Å²) < 4.78 is 9.47.